The van der Waals surface area contributed by atoms with Crippen LogP contribution in [0.4, 0.5) is 0 Å². The lowest BCUT2D eigenvalue weighted by Gasteiger charge is -2.39. The zero-order valence-corrected chi connectivity index (χ0v) is 32.2. The maximum atomic E-state index is 12.4. The fourth-order valence-corrected chi connectivity index (χ4v) is 6.94. The Balaban J connectivity index is 4.94. The summed E-state index contributed by atoms with van der Waals surface area (Å²) >= 11 is 0. The van der Waals surface area contributed by atoms with Crippen molar-refractivity contribution in [1.82, 2.24) is 10.6 Å². The van der Waals surface area contributed by atoms with Crippen LogP contribution < -0.4 is 10.6 Å². The molecule has 0 unspecified atom stereocenters. The first-order chi connectivity index (χ1) is 23.0. The molecule has 0 aliphatic carbocycles. The molecule has 47 heavy (non-hydrogen) atoms. The average molecular weight is 661 g/mol. The third-order valence-electron chi connectivity index (χ3n) is 9.96. The molecule has 0 saturated heterocycles. The van der Waals surface area contributed by atoms with Gasteiger partial charge in [0.1, 0.15) is 0 Å². The van der Waals surface area contributed by atoms with E-state index in [2.05, 4.69) is 24.5 Å². The van der Waals surface area contributed by atoms with E-state index >= 15 is 0 Å². The van der Waals surface area contributed by atoms with E-state index in [1.54, 1.807) is 24.6 Å². The molecular formula is C42H82N3O2+. The van der Waals surface area contributed by atoms with Crippen LogP contribution in [0.1, 0.15) is 194 Å². The Kier molecular flexibility index (Phi) is 34.5. The van der Waals surface area contributed by atoms with Crippen molar-refractivity contribution in [2.45, 2.75) is 194 Å². The summed E-state index contributed by atoms with van der Waals surface area (Å²) < 4.78 is 1.08. The summed E-state index contributed by atoms with van der Waals surface area (Å²) in [5.74, 6) is 0.418. The Labute approximate surface area is 294 Å². The summed E-state index contributed by atoms with van der Waals surface area (Å²) in [6.07, 6.45) is 42.8. The fraction of sp³-hybridized carbons (Fsp3) is 0.857. The van der Waals surface area contributed by atoms with Crippen LogP contribution >= 0.6 is 0 Å². The summed E-state index contributed by atoms with van der Waals surface area (Å²) in [4.78, 5) is 24.9. The van der Waals surface area contributed by atoms with Crippen molar-refractivity contribution in [2.24, 2.45) is 0 Å². The number of allylic oxidation sites excluding steroid dienone is 2. The Morgan fingerprint density at radius 1 is 0.404 bits per heavy atom. The molecule has 5 nitrogen and oxygen atoms in total. The number of quaternary nitrogens is 1. The van der Waals surface area contributed by atoms with E-state index in [4.69, 9.17) is 0 Å². The first-order valence-electron chi connectivity index (χ1n) is 20.6. The Morgan fingerprint density at radius 2 is 0.660 bits per heavy atom. The second-order valence-electron chi connectivity index (χ2n) is 14.4. The van der Waals surface area contributed by atoms with Gasteiger partial charge < -0.3 is 15.1 Å². The minimum Gasteiger partial charge on any atom is -0.394 e. The maximum Gasteiger partial charge on any atom is 0.157 e. The first-order valence-corrected chi connectivity index (χ1v) is 20.6. The van der Waals surface area contributed by atoms with Gasteiger partial charge in [0, 0.05) is 39.8 Å². The SMILES string of the molecule is CCCCCCCCCCCCCC[N+](CCCCCCCCCCCCCC)(CCCC(=O)C=CNC)CCCC(=O)C=CNC. The third kappa shape index (κ3) is 31.4. The van der Waals surface area contributed by atoms with Crippen molar-refractivity contribution >= 4 is 11.6 Å². The summed E-state index contributed by atoms with van der Waals surface area (Å²) in [6, 6.07) is 0. The molecule has 0 aliphatic rings. The van der Waals surface area contributed by atoms with Crippen molar-refractivity contribution < 1.29 is 14.1 Å². The van der Waals surface area contributed by atoms with Crippen LogP contribution in [-0.2, 0) is 9.59 Å². The van der Waals surface area contributed by atoms with Crippen molar-refractivity contribution in [3.05, 3.63) is 24.6 Å². The quantitative estimate of drug-likeness (QED) is 0.0393. The second-order valence-corrected chi connectivity index (χ2v) is 14.4. The highest BCUT2D eigenvalue weighted by atomic mass is 16.1. The van der Waals surface area contributed by atoms with Gasteiger partial charge in [0.05, 0.1) is 26.2 Å². The standard InChI is InChI=1S/C42H81N3O2/c1-5-7-9-11-13-15-17-19-21-23-25-27-37-45(39-29-31-41(46)33-35-43-3,40-30-32-42(47)34-36-44-4)38-28-26-24-22-20-18-16-14-12-10-8-6-2/h33-36H,5-32,37-40H2,1-4H3,(H-,43,44,46,47)/p+1. The predicted octanol–water partition coefficient (Wildman–Crippen LogP) is 11.4. The van der Waals surface area contributed by atoms with E-state index in [0.717, 1.165) is 30.4 Å². The van der Waals surface area contributed by atoms with Gasteiger partial charge in [-0.1, -0.05) is 142 Å². The van der Waals surface area contributed by atoms with Crippen molar-refractivity contribution in [3.63, 3.8) is 0 Å². The number of hydrogen-bond acceptors (Lipinski definition) is 4. The molecule has 0 aromatic heterocycles. The van der Waals surface area contributed by atoms with Crippen LogP contribution in [0.5, 0.6) is 0 Å². The van der Waals surface area contributed by atoms with E-state index in [9.17, 15) is 9.59 Å². The van der Waals surface area contributed by atoms with Gasteiger partial charge in [-0.3, -0.25) is 9.59 Å². The van der Waals surface area contributed by atoms with E-state index in [1.165, 1.54) is 167 Å². The van der Waals surface area contributed by atoms with Crippen molar-refractivity contribution in [2.75, 3.05) is 40.3 Å². The highest BCUT2D eigenvalue weighted by molar-refractivity contribution is 5.89. The summed E-state index contributed by atoms with van der Waals surface area (Å²) in [5.41, 5.74) is 0. The molecule has 0 saturated carbocycles. The number of unbranched alkanes of at least 4 members (excludes halogenated alkanes) is 22. The largest absolute Gasteiger partial charge is 0.394 e. The molecule has 276 valence electrons. The van der Waals surface area contributed by atoms with Gasteiger partial charge in [-0.15, -0.1) is 0 Å². The normalized spacial score (nSPS) is 12.0. The Bertz CT molecular complexity index is 686. The second kappa shape index (κ2) is 35.7. The highest BCUT2D eigenvalue weighted by Crippen LogP contribution is 2.20. The number of hydrogen-bond donors (Lipinski definition) is 2. The van der Waals surface area contributed by atoms with Crippen molar-refractivity contribution in [3.8, 4) is 0 Å². The highest BCUT2D eigenvalue weighted by Gasteiger charge is 2.26. The van der Waals surface area contributed by atoms with Crippen LogP contribution in [0.3, 0.4) is 0 Å². The lowest BCUT2D eigenvalue weighted by molar-refractivity contribution is -0.929. The van der Waals surface area contributed by atoms with E-state index < -0.39 is 0 Å². The molecule has 0 fully saturated rings. The number of carbonyl (C=O) groups excluding carboxylic acids is 2. The Hall–Kier alpha value is -1.62. The molecule has 2 N–H and O–H groups in total. The fourth-order valence-electron chi connectivity index (χ4n) is 6.94. The summed E-state index contributed by atoms with van der Waals surface area (Å²) in [5, 5.41) is 5.89. The molecule has 0 aromatic carbocycles. The zero-order valence-electron chi connectivity index (χ0n) is 32.2. The molecule has 0 atom stereocenters. The first kappa shape index (κ1) is 45.4. The van der Waals surface area contributed by atoms with Gasteiger partial charge in [0.15, 0.2) is 11.6 Å². The summed E-state index contributed by atoms with van der Waals surface area (Å²) in [6.45, 7) is 9.07. The summed E-state index contributed by atoms with van der Waals surface area (Å²) in [7, 11) is 3.67. The van der Waals surface area contributed by atoms with Gasteiger partial charge in [-0.2, -0.15) is 0 Å². The number of ketones is 2. The molecule has 0 radical (unpaired) electrons. The molecule has 0 bridgehead atoms. The van der Waals surface area contributed by atoms with Crippen LogP contribution in [0, 0.1) is 0 Å². The van der Waals surface area contributed by atoms with Crippen LogP contribution in [0.25, 0.3) is 0 Å². The van der Waals surface area contributed by atoms with Gasteiger partial charge in [0.25, 0.3) is 0 Å². The maximum absolute atomic E-state index is 12.4. The minimum absolute atomic E-state index is 0.209. The molecule has 0 amide bonds. The molecule has 0 spiro atoms. The van der Waals surface area contributed by atoms with E-state index in [-0.39, 0.29) is 11.6 Å². The minimum atomic E-state index is 0.209. The Morgan fingerprint density at radius 3 is 0.936 bits per heavy atom. The number of nitrogens with zero attached hydrogens (tertiary/aromatic N) is 1. The zero-order chi connectivity index (χ0) is 34.5. The third-order valence-corrected chi connectivity index (χ3v) is 9.96. The van der Waals surface area contributed by atoms with Crippen LogP contribution in [0.15, 0.2) is 24.6 Å². The number of nitrogens with one attached hydrogen (secondary N) is 2. The van der Waals surface area contributed by atoms with E-state index in [0.29, 0.717) is 12.8 Å². The lowest BCUT2D eigenvalue weighted by atomic mass is 10.0. The predicted molar refractivity (Wildman–Crippen MR) is 207 cm³/mol. The average Bonchev–Trinajstić information content (AvgIpc) is 3.07. The van der Waals surface area contributed by atoms with Gasteiger partial charge >= 0.3 is 0 Å². The number of carbonyl (C=O) groups is 2. The topological polar surface area (TPSA) is 58.2 Å². The van der Waals surface area contributed by atoms with Gasteiger partial charge in [-0.05, 0) is 50.2 Å². The van der Waals surface area contributed by atoms with Gasteiger partial charge in [0.2, 0.25) is 0 Å². The van der Waals surface area contributed by atoms with Gasteiger partial charge in [-0.25, -0.2) is 0 Å². The molecule has 0 aromatic rings. The van der Waals surface area contributed by atoms with Crippen molar-refractivity contribution in [1.29, 1.82) is 0 Å². The van der Waals surface area contributed by atoms with E-state index in [1.807, 2.05) is 14.1 Å². The molecular weight excluding hydrogens is 578 g/mol. The van der Waals surface area contributed by atoms with Crippen LogP contribution in [-0.4, -0.2) is 56.3 Å². The monoisotopic (exact) mass is 661 g/mol. The molecule has 5 heteroatoms. The number of rotatable bonds is 38. The molecule has 0 aliphatic heterocycles. The van der Waals surface area contributed by atoms with Crippen LogP contribution in [0.2, 0.25) is 0 Å². The lowest BCUT2D eigenvalue weighted by Crippen LogP contribution is -2.51. The molecule has 0 heterocycles. The molecule has 0 rings (SSSR count). The smallest absolute Gasteiger partial charge is 0.157 e.